The Labute approximate surface area is 136 Å². The molecular weight excluding hydrogens is 292 g/mol. The van der Waals surface area contributed by atoms with E-state index in [0.717, 1.165) is 22.9 Å². The normalized spacial score (nSPS) is 36.4. The molecule has 4 bridgehead atoms. The molecule has 5 atom stereocenters. The Morgan fingerprint density at radius 2 is 2.23 bits per heavy atom. The maximum atomic E-state index is 6.25. The quantitative estimate of drug-likeness (QED) is 0.816. The fourth-order valence-corrected chi connectivity index (χ4v) is 5.84. The fourth-order valence-electron chi connectivity index (χ4n) is 5.67. The van der Waals surface area contributed by atoms with Gasteiger partial charge in [0.1, 0.15) is 0 Å². The van der Waals surface area contributed by atoms with Gasteiger partial charge < -0.3 is 4.98 Å². The summed E-state index contributed by atoms with van der Waals surface area (Å²) in [5.74, 6) is 2.50. The maximum Gasteiger partial charge on any atom is 0.0460 e. The monoisotopic (exact) mass is 314 g/mol. The van der Waals surface area contributed by atoms with Gasteiger partial charge in [-0.3, -0.25) is 4.90 Å². The van der Waals surface area contributed by atoms with Crippen LogP contribution in [0.4, 0.5) is 0 Å². The van der Waals surface area contributed by atoms with Crippen LogP contribution in [0.3, 0.4) is 0 Å². The average molecular weight is 315 g/mol. The first-order valence-corrected chi connectivity index (χ1v) is 9.16. The summed E-state index contributed by atoms with van der Waals surface area (Å²) in [6.07, 6.45) is 5.34. The molecule has 3 heteroatoms. The molecule has 22 heavy (non-hydrogen) atoms. The third kappa shape index (κ3) is 1.77. The van der Waals surface area contributed by atoms with Crippen LogP contribution in [-0.2, 0) is 6.42 Å². The smallest absolute Gasteiger partial charge is 0.0460 e. The van der Waals surface area contributed by atoms with Crippen molar-refractivity contribution in [1.29, 1.82) is 0 Å². The molecule has 2 nitrogen and oxygen atoms in total. The predicted octanol–water partition coefficient (Wildman–Crippen LogP) is 4.58. The van der Waals surface area contributed by atoms with Crippen molar-refractivity contribution in [3.05, 3.63) is 34.5 Å². The summed E-state index contributed by atoms with van der Waals surface area (Å²) >= 11 is 6.25. The second-order valence-corrected chi connectivity index (χ2v) is 7.99. The van der Waals surface area contributed by atoms with Crippen LogP contribution in [0.25, 0.3) is 10.9 Å². The van der Waals surface area contributed by atoms with Crippen molar-refractivity contribution in [3.8, 4) is 0 Å². The third-order valence-corrected chi connectivity index (χ3v) is 6.71. The van der Waals surface area contributed by atoms with Crippen LogP contribution in [0.2, 0.25) is 5.02 Å². The number of aromatic nitrogens is 1. The van der Waals surface area contributed by atoms with E-state index in [0.29, 0.717) is 5.92 Å². The van der Waals surface area contributed by atoms with E-state index in [-0.39, 0.29) is 0 Å². The van der Waals surface area contributed by atoms with Gasteiger partial charge >= 0.3 is 0 Å². The van der Waals surface area contributed by atoms with E-state index in [4.69, 9.17) is 11.6 Å². The molecule has 1 N–H and O–H groups in total. The molecule has 4 heterocycles. The molecule has 1 aromatic heterocycles. The summed E-state index contributed by atoms with van der Waals surface area (Å²) in [6.45, 7) is 4.94. The Morgan fingerprint density at radius 3 is 3.09 bits per heavy atom. The lowest BCUT2D eigenvalue weighted by Gasteiger charge is -2.53. The molecular formula is C19H23ClN2. The Kier molecular flexibility index (Phi) is 2.90. The number of halogens is 1. The topological polar surface area (TPSA) is 19.0 Å². The lowest BCUT2D eigenvalue weighted by molar-refractivity contribution is -0.0134. The molecule has 0 radical (unpaired) electrons. The molecule has 2 saturated heterocycles. The highest BCUT2D eigenvalue weighted by atomic mass is 35.5. The number of piperidine rings is 2. The van der Waals surface area contributed by atoms with Crippen molar-refractivity contribution < 1.29 is 0 Å². The van der Waals surface area contributed by atoms with Crippen LogP contribution in [0, 0.1) is 11.8 Å². The standard InChI is InChI=1S/C19H23ClN2/c1-2-12-7-11-8-16-18-14(5-6-22(10-11)19(12)16)15-9-13(20)3-4-17(15)21-18/h3-4,9,11-12,16,19,21H,2,5-8,10H2,1H3/t11-,12-,16-,19?/m0/s1. The van der Waals surface area contributed by atoms with Gasteiger partial charge in [0, 0.05) is 46.7 Å². The Bertz CT molecular complexity index is 734. The number of nitrogens with one attached hydrogen (secondary N) is 1. The summed E-state index contributed by atoms with van der Waals surface area (Å²) in [4.78, 5) is 6.59. The highest BCUT2D eigenvalue weighted by Crippen LogP contribution is 2.51. The number of rotatable bonds is 1. The van der Waals surface area contributed by atoms with E-state index in [1.165, 1.54) is 55.4 Å². The summed E-state index contributed by atoms with van der Waals surface area (Å²) in [6, 6.07) is 7.09. The number of hydrogen-bond acceptors (Lipinski definition) is 1. The van der Waals surface area contributed by atoms with Gasteiger partial charge in [-0.15, -0.1) is 0 Å². The van der Waals surface area contributed by atoms with E-state index >= 15 is 0 Å². The van der Waals surface area contributed by atoms with Crippen LogP contribution in [0.15, 0.2) is 18.2 Å². The number of aromatic amines is 1. The molecule has 6 rings (SSSR count). The maximum absolute atomic E-state index is 6.25. The number of H-pyrrole nitrogens is 1. The van der Waals surface area contributed by atoms with Crippen molar-refractivity contribution in [2.75, 3.05) is 13.1 Å². The molecule has 3 fully saturated rings. The van der Waals surface area contributed by atoms with Crippen molar-refractivity contribution in [3.63, 3.8) is 0 Å². The minimum Gasteiger partial charge on any atom is -0.358 e. The molecule has 1 saturated carbocycles. The van der Waals surface area contributed by atoms with E-state index in [1.807, 2.05) is 6.07 Å². The summed E-state index contributed by atoms with van der Waals surface area (Å²) in [7, 11) is 0. The molecule has 3 aliphatic heterocycles. The van der Waals surface area contributed by atoms with Gasteiger partial charge in [-0.25, -0.2) is 0 Å². The number of fused-ring (bicyclic) bond motifs is 4. The summed E-state index contributed by atoms with van der Waals surface area (Å²) < 4.78 is 0. The van der Waals surface area contributed by atoms with Gasteiger partial charge in [0.25, 0.3) is 0 Å². The summed E-state index contributed by atoms with van der Waals surface area (Å²) in [5, 5.41) is 2.22. The molecule has 0 amide bonds. The zero-order valence-corrected chi connectivity index (χ0v) is 13.9. The molecule has 116 valence electrons. The minimum absolute atomic E-state index is 0.709. The molecule has 1 aliphatic carbocycles. The minimum atomic E-state index is 0.709. The van der Waals surface area contributed by atoms with Gasteiger partial charge in [0.15, 0.2) is 0 Å². The van der Waals surface area contributed by atoms with Gasteiger partial charge in [-0.05, 0) is 54.9 Å². The second kappa shape index (κ2) is 4.75. The lowest BCUT2D eigenvalue weighted by Crippen LogP contribution is -2.56. The van der Waals surface area contributed by atoms with Crippen molar-refractivity contribution in [2.24, 2.45) is 11.8 Å². The van der Waals surface area contributed by atoms with E-state index < -0.39 is 0 Å². The van der Waals surface area contributed by atoms with Crippen LogP contribution < -0.4 is 0 Å². The first kappa shape index (κ1) is 13.4. The molecule has 2 aromatic rings. The lowest BCUT2D eigenvalue weighted by atomic mass is 9.65. The molecule has 4 aliphatic rings. The Hall–Kier alpha value is -0.990. The highest BCUT2D eigenvalue weighted by molar-refractivity contribution is 6.31. The van der Waals surface area contributed by atoms with Crippen LogP contribution >= 0.6 is 11.6 Å². The van der Waals surface area contributed by atoms with Crippen molar-refractivity contribution in [1.82, 2.24) is 9.88 Å². The summed E-state index contributed by atoms with van der Waals surface area (Å²) in [5.41, 5.74) is 4.36. The zero-order chi connectivity index (χ0) is 14.8. The Balaban J connectivity index is 1.69. The third-order valence-electron chi connectivity index (χ3n) is 6.48. The average Bonchev–Trinajstić information content (AvgIpc) is 2.85. The molecule has 2 unspecified atom stereocenters. The van der Waals surface area contributed by atoms with Gasteiger partial charge in [-0.1, -0.05) is 24.9 Å². The van der Waals surface area contributed by atoms with Crippen molar-refractivity contribution >= 4 is 22.5 Å². The van der Waals surface area contributed by atoms with Gasteiger partial charge in [0.05, 0.1) is 0 Å². The van der Waals surface area contributed by atoms with Crippen LogP contribution in [-0.4, -0.2) is 29.0 Å². The SMILES string of the molecule is CC[C@H]1C[C@H]2C[C@H]3c4[nH]c5ccc(Cl)cc5c4CCN(C2)C13. The van der Waals surface area contributed by atoms with E-state index in [9.17, 15) is 0 Å². The highest BCUT2D eigenvalue weighted by Gasteiger charge is 2.48. The van der Waals surface area contributed by atoms with Gasteiger partial charge in [0.2, 0.25) is 0 Å². The van der Waals surface area contributed by atoms with E-state index in [2.05, 4.69) is 28.9 Å². The first-order valence-electron chi connectivity index (χ1n) is 8.78. The molecule has 0 spiro atoms. The van der Waals surface area contributed by atoms with Crippen molar-refractivity contribution in [2.45, 2.75) is 44.6 Å². The number of hydrogen-bond donors (Lipinski definition) is 1. The first-order chi connectivity index (χ1) is 10.7. The largest absolute Gasteiger partial charge is 0.358 e. The molecule has 1 aromatic carbocycles. The van der Waals surface area contributed by atoms with Crippen LogP contribution in [0.5, 0.6) is 0 Å². The Morgan fingerprint density at radius 1 is 1.32 bits per heavy atom. The van der Waals surface area contributed by atoms with Gasteiger partial charge in [-0.2, -0.15) is 0 Å². The predicted molar refractivity (Wildman–Crippen MR) is 91.6 cm³/mol. The fraction of sp³-hybridized carbons (Fsp3) is 0.579. The van der Waals surface area contributed by atoms with E-state index in [1.54, 1.807) is 5.56 Å². The van der Waals surface area contributed by atoms with Crippen LogP contribution in [0.1, 0.15) is 43.4 Å². The zero-order valence-electron chi connectivity index (χ0n) is 13.1. The number of benzene rings is 1. The number of nitrogens with zero attached hydrogens (tertiary/aromatic N) is 1. The second-order valence-electron chi connectivity index (χ2n) is 7.55.